The van der Waals surface area contributed by atoms with Gasteiger partial charge in [-0.1, -0.05) is 0 Å². The zero-order chi connectivity index (χ0) is 15.0. The summed E-state index contributed by atoms with van der Waals surface area (Å²) < 4.78 is 1.44. The van der Waals surface area contributed by atoms with E-state index in [1.807, 2.05) is 6.92 Å². The van der Waals surface area contributed by atoms with E-state index in [4.69, 9.17) is 0 Å². The third-order valence-corrected chi connectivity index (χ3v) is 5.09. The molecule has 3 heterocycles. The molecule has 0 aliphatic carbocycles. The Balaban J connectivity index is 0.00000176. The molecule has 3 rings (SSSR count). The first-order valence-corrected chi connectivity index (χ1v) is 7.86. The lowest BCUT2D eigenvalue weighted by Gasteiger charge is -2.10. The summed E-state index contributed by atoms with van der Waals surface area (Å²) in [7, 11) is 1.66. The maximum atomic E-state index is 12.3. The van der Waals surface area contributed by atoms with Crippen molar-refractivity contribution in [1.29, 1.82) is 0 Å². The lowest BCUT2D eigenvalue weighted by Crippen LogP contribution is -2.37. The van der Waals surface area contributed by atoms with Crippen LogP contribution in [0, 0.1) is 6.92 Å². The van der Waals surface area contributed by atoms with Gasteiger partial charge in [0.1, 0.15) is 4.83 Å². The van der Waals surface area contributed by atoms with Gasteiger partial charge in [-0.2, -0.15) is 0 Å². The third kappa shape index (κ3) is 3.02. The zero-order valence-corrected chi connectivity index (χ0v) is 14.1. The second-order valence-corrected chi connectivity index (χ2v) is 6.40. The monoisotopic (exact) mass is 342 g/mol. The number of hydrogen-bond donors (Lipinski definition) is 2. The molecule has 2 aromatic heterocycles. The number of carbonyl (C=O) groups is 1. The Kier molecular flexibility index (Phi) is 5.20. The summed E-state index contributed by atoms with van der Waals surface area (Å²) >= 11 is 1.28. The summed E-state index contributed by atoms with van der Waals surface area (Å²) in [6.45, 7) is 3.45. The van der Waals surface area contributed by atoms with Crippen molar-refractivity contribution < 1.29 is 4.79 Å². The van der Waals surface area contributed by atoms with Gasteiger partial charge in [-0.3, -0.25) is 9.59 Å². The largest absolute Gasteiger partial charge is 0.350 e. The van der Waals surface area contributed by atoms with E-state index in [1.165, 1.54) is 22.2 Å². The van der Waals surface area contributed by atoms with Crippen LogP contribution in [-0.2, 0) is 7.05 Å². The highest BCUT2D eigenvalue weighted by Crippen LogP contribution is 2.26. The van der Waals surface area contributed by atoms with Crippen molar-refractivity contribution in [1.82, 2.24) is 20.2 Å². The maximum Gasteiger partial charge on any atom is 0.262 e. The minimum Gasteiger partial charge on any atom is -0.350 e. The Hall–Kier alpha value is -1.44. The first-order chi connectivity index (χ1) is 10.1. The molecule has 1 aliphatic heterocycles. The van der Waals surface area contributed by atoms with Crippen molar-refractivity contribution in [3.63, 3.8) is 0 Å². The topological polar surface area (TPSA) is 76.0 Å². The molecule has 1 atom stereocenters. The number of aromatic nitrogens is 2. The Labute approximate surface area is 138 Å². The summed E-state index contributed by atoms with van der Waals surface area (Å²) in [4.78, 5) is 29.9. The van der Waals surface area contributed by atoms with Crippen molar-refractivity contribution in [3.05, 3.63) is 27.1 Å². The molecule has 2 N–H and O–H groups in total. The first-order valence-electron chi connectivity index (χ1n) is 7.04. The van der Waals surface area contributed by atoms with Crippen LogP contribution in [0.25, 0.3) is 10.2 Å². The maximum absolute atomic E-state index is 12.3. The van der Waals surface area contributed by atoms with Crippen LogP contribution in [-0.4, -0.2) is 34.6 Å². The fraction of sp³-hybridized carbons (Fsp3) is 0.500. The molecule has 1 amide bonds. The standard InChI is InChI=1S/C14H18N4O2S.ClH/c1-8-10-13(17-7-18(2)14(10)20)21-11(8)12(19)16-6-9-4-3-5-15-9;/h7,9,15H,3-6H2,1-2H3,(H,16,19);1H/t9-;/m1./s1. The highest BCUT2D eigenvalue weighted by molar-refractivity contribution is 7.20. The van der Waals surface area contributed by atoms with E-state index in [2.05, 4.69) is 15.6 Å². The second kappa shape index (κ2) is 6.76. The predicted molar refractivity (Wildman–Crippen MR) is 90.2 cm³/mol. The van der Waals surface area contributed by atoms with Gasteiger partial charge in [-0.05, 0) is 31.9 Å². The molecule has 0 aromatic carbocycles. The normalized spacial score (nSPS) is 17.5. The number of nitrogens with one attached hydrogen (secondary N) is 2. The Morgan fingerprint density at radius 2 is 2.36 bits per heavy atom. The Morgan fingerprint density at radius 3 is 3.05 bits per heavy atom. The molecule has 0 saturated carbocycles. The number of nitrogens with zero attached hydrogens (tertiary/aromatic N) is 2. The highest BCUT2D eigenvalue weighted by atomic mass is 35.5. The number of amides is 1. The van der Waals surface area contributed by atoms with Gasteiger partial charge in [0.25, 0.3) is 11.5 Å². The number of rotatable bonds is 3. The molecular formula is C14H19ClN4O2S. The number of thiophene rings is 1. The van der Waals surface area contributed by atoms with Gasteiger partial charge in [0.05, 0.1) is 16.6 Å². The van der Waals surface area contributed by atoms with Crippen molar-refractivity contribution in [2.24, 2.45) is 7.05 Å². The van der Waals surface area contributed by atoms with Gasteiger partial charge in [0.2, 0.25) is 0 Å². The summed E-state index contributed by atoms with van der Waals surface area (Å²) in [6, 6.07) is 0.356. The van der Waals surface area contributed by atoms with E-state index in [-0.39, 0.29) is 23.9 Å². The van der Waals surface area contributed by atoms with Gasteiger partial charge >= 0.3 is 0 Å². The van der Waals surface area contributed by atoms with Crippen LogP contribution in [0.4, 0.5) is 0 Å². The fourth-order valence-corrected chi connectivity index (χ4v) is 3.71. The molecule has 2 aromatic rings. The summed E-state index contributed by atoms with van der Waals surface area (Å²) in [6.07, 6.45) is 3.74. The number of fused-ring (bicyclic) bond motifs is 1. The molecule has 1 fully saturated rings. The van der Waals surface area contributed by atoms with Gasteiger partial charge < -0.3 is 15.2 Å². The summed E-state index contributed by atoms with van der Waals surface area (Å²) in [5, 5.41) is 6.84. The summed E-state index contributed by atoms with van der Waals surface area (Å²) in [5.41, 5.74) is 0.617. The van der Waals surface area contributed by atoms with Crippen LogP contribution in [0.5, 0.6) is 0 Å². The zero-order valence-electron chi connectivity index (χ0n) is 12.5. The Morgan fingerprint density at radius 1 is 1.59 bits per heavy atom. The Bertz CT molecular complexity index is 749. The number of aryl methyl sites for hydroxylation is 2. The van der Waals surface area contributed by atoms with E-state index in [0.29, 0.717) is 27.7 Å². The van der Waals surface area contributed by atoms with Crippen molar-refractivity contribution in [3.8, 4) is 0 Å². The molecule has 0 radical (unpaired) electrons. The van der Waals surface area contributed by atoms with Gasteiger partial charge in [-0.15, -0.1) is 23.7 Å². The van der Waals surface area contributed by atoms with E-state index >= 15 is 0 Å². The highest BCUT2D eigenvalue weighted by Gasteiger charge is 2.20. The predicted octanol–water partition coefficient (Wildman–Crippen LogP) is 1.21. The molecule has 22 heavy (non-hydrogen) atoms. The van der Waals surface area contributed by atoms with Crippen LogP contribution in [0.1, 0.15) is 28.1 Å². The number of halogens is 1. The molecule has 6 nitrogen and oxygen atoms in total. The number of hydrogen-bond acceptors (Lipinski definition) is 5. The van der Waals surface area contributed by atoms with Crippen molar-refractivity contribution >= 4 is 39.9 Å². The molecule has 120 valence electrons. The SMILES string of the molecule is Cc1c(C(=O)NC[C@H]2CCCN2)sc2ncn(C)c(=O)c12.Cl. The molecule has 8 heteroatoms. The fourth-order valence-electron chi connectivity index (χ4n) is 2.65. The average molecular weight is 343 g/mol. The molecular weight excluding hydrogens is 324 g/mol. The molecule has 0 bridgehead atoms. The summed E-state index contributed by atoms with van der Waals surface area (Å²) in [5.74, 6) is -0.119. The first kappa shape index (κ1) is 16.9. The van der Waals surface area contributed by atoms with Crippen LogP contribution < -0.4 is 16.2 Å². The van der Waals surface area contributed by atoms with Gasteiger partial charge in [-0.25, -0.2) is 4.98 Å². The lowest BCUT2D eigenvalue weighted by atomic mass is 10.2. The van der Waals surface area contributed by atoms with Crippen LogP contribution in [0.3, 0.4) is 0 Å². The molecule has 0 spiro atoms. The van der Waals surface area contributed by atoms with Gasteiger partial charge in [0, 0.05) is 19.6 Å². The molecule has 1 saturated heterocycles. The van der Waals surface area contributed by atoms with Crippen molar-refractivity contribution in [2.75, 3.05) is 13.1 Å². The van der Waals surface area contributed by atoms with E-state index < -0.39 is 0 Å². The molecule has 1 aliphatic rings. The van der Waals surface area contributed by atoms with E-state index in [1.54, 1.807) is 7.05 Å². The van der Waals surface area contributed by atoms with E-state index in [0.717, 1.165) is 24.9 Å². The third-order valence-electron chi connectivity index (χ3n) is 3.89. The lowest BCUT2D eigenvalue weighted by molar-refractivity contribution is 0.0954. The smallest absolute Gasteiger partial charge is 0.262 e. The molecule has 0 unspecified atom stereocenters. The minimum absolute atomic E-state index is 0. The van der Waals surface area contributed by atoms with Crippen LogP contribution in [0.15, 0.2) is 11.1 Å². The average Bonchev–Trinajstić information content (AvgIpc) is 3.09. The quantitative estimate of drug-likeness (QED) is 0.879. The van der Waals surface area contributed by atoms with E-state index in [9.17, 15) is 9.59 Å². The minimum atomic E-state index is -0.119. The van der Waals surface area contributed by atoms with Crippen LogP contribution >= 0.6 is 23.7 Å². The van der Waals surface area contributed by atoms with Gasteiger partial charge in [0.15, 0.2) is 0 Å². The second-order valence-electron chi connectivity index (χ2n) is 5.40. The van der Waals surface area contributed by atoms with Crippen LogP contribution in [0.2, 0.25) is 0 Å². The van der Waals surface area contributed by atoms with Crippen molar-refractivity contribution in [2.45, 2.75) is 25.8 Å². The number of carbonyl (C=O) groups excluding carboxylic acids is 1.